The molecule has 0 aromatic carbocycles. The zero-order valence-corrected chi connectivity index (χ0v) is 21.5. The van der Waals surface area contributed by atoms with Gasteiger partial charge in [-0.25, -0.2) is 0 Å². The molecule has 176 valence electrons. The minimum Gasteiger partial charge on any atom is -0.462 e. The van der Waals surface area contributed by atoms with Gasteiger partial charge in [0.1, 0.15) is 11.7 Å². The predicted octanol–water partition coefficient (Wildman–Crippen LogP) is 5.02. The van der Waals surface area contributed by atoms with Gasteiger partial charge in [0.25, 0.3) is 0 Å². The summed E-state index contributed by atoms with van der Waals surface area (Å²) in [6.45, 7) is 12.1. The van der Waals surface area contributed by atoms with Crippen molar-refractivity contribution in [1.29, 1.82) is 0 Å². The van der Waals surface area contributed by atoms with E-state index in [2.05, 4.69) is 43.6 Å². The fourth-order valence-corrected chi connectivity index (χ4v) is 9.93. The largest absolute Gasteiger partial charge is 0.462 e. The van der Waals surface area contributed by atoms with Gasteiger partial charge in [-0.2, -0.15) is 0 Å². The Bertz CT molecular complexity index is 771. The van der Waals surface area contributed by atoms with Gasteiger partial charge in [0, 0.05) is 25.7 Å². The van der Waals surface area contributed by atoms with Crippen LogP contribution in [0.25, 0.3) is 0 Å². The van der Waals surface area contributed by atoms with Crippen LogP contribution < -0.4 is 0 Å². The van der Waals surface area contributed by atoms with E-state index in [1.165, 1.54) is 13.8 Å². The average molecular weight is 499 g/mol. The van der Waals surface area contributed by atoms with Crippen LogP contribution in [-0.2, 0) is 19.1 Å². The van der Waals surface area contributed by atoms with Crippen LogP contribution in [0.1, 0.15) is 86.5 Å². The lowest BCUT2D eigenvalue weighted by atomic mass is 9.41. The van der Waals surface area contributed by atoms with Crippen LogP contribution in [0.3, 0.4) is 0 Å². The number of halogens is 1. The SMILES string of the molecule is CC(=O)O[C@H]1C[C@@H](C)[C@]2(C)[C@H]3CC[C@@]4(C)[C@@H](CC[C@]4(C)OC(C)=O)[C@@H]3C[C@@H](O)[C@@]2(Br)C1. The highest BCUT2D eigenvalue weighted by Gasteiger charge is 2.70. The summed E-state index contributed by atoms with van der Waals surface area (Å²) in [5, 5.41) is 11.5. The number of hydrogen-bond donors (Lipinski definition) is 1. The Morgan fingerprint density at radius 1 is 1.00 bits per heavy atom. The second kappa shape index (κ2) is 7.44. The number of aliphatic hydroxyl groups is 1. The van der Waals surface area contributed by atoms with Gasteiger partial charge in [-0.3, -0.25) is 9.59 Å². The van der Waals surface area contributed by atoms with Crippen molar-refractivity contribution in [3.05, 3.63) is 0 Å². The normalized spacial score (nSPS) is 53.7. The molecule has 4 fully saturated rings. The Balaban J connectivity index is 1.67. The highest BCUT2D eigenvalue weighted by Crippen LogP contribution is 2.72. The molecule has 0 saturated heterocycles. The average Bonchev–Trinajstić information content (AvgIpc) is 2.89. The monoisotopic (exact) mass is 498 g/mol. The van der Waals surface area contributed by atoms with Crippen molar-refractivity contribution < 1.29 is 24.2 Å². The third kappa shape index (κ3) is 3.17. The summed E-state index contributed by atoms with van der Waals surface area (Å²) in [5.74, 6) is 1.22. The molecule has 6 heteroatoms. The van der Waals surface area contributed by atoms with Gasteiger partial charge in [-0.1, -0.05) is 36.7 Å². The van der Waals surface area contributed by atoms with Crippen LogP contribution in [0.4, 0.5) is 0 Å². The lowest BCUT2D eigenvalue weighted by molar-refractivity contribution is -0.201. The van der Waals surface area contributed by atoms with Crippen LogP contribution in [0.15, 0.2) is 0 Å². The third-order valence-electron chi connectivity index (χ3n) is 10.5. The maximum Gasteiger partial charge on any atom is 0.303 e. The molecular formula is C25H39BrO5. The second-order valence-corrected chi connectivity index (χ2v) is 13.1. The minimum atomic E-state index is -0.498. The Kier molecular flexibility index (Phi) is 5.65. The summed E-state index contributed by atoms with van der Waals surface area (Å²) in [7, 11) is 0. The molecule has 0 unspecified atom stereocenters. The van der Waals surface area contributed by atoms with E-state index < -0.39 is 16.0 Å². The Labute approximate surface area is 195 Å². The molecule has 10 atom stereocenters. The molecular weight excluding hydrogens is 460 g/mol. The molecule has 0 radical (unpaired) electrons. The molecule has 0 spiro atoms. The lowest BCUT2D eigenvalue weighted by Crippen LogP contribution is -2.68. The molecule has 0 aliphatic heterocycles. The Hall–Kier alpha value is -0.620. The highest BCUT2D eigenvalue weighted by molar-refractivity contribution is 9.10. The number of hydrogen-bond acceptors (Lipinski definition) is 5. The van der Waals surface area contributed by atoms with Gasteiger partial charge in [0.05, 0.1) is 10.4 Å². The van der Waals surface area contributed by atoms with Crippen molar-refractivity contribution in [2.45, 2.75) is 109 Å². The number of aliphatic hydroxyl groups excluding tert-OH is 1. The van der Waals surface area contributed by atoms with E-state index in [4.69, 9.17) is 9.47 Å². The first-order chi connectivity index (χ1) is 14.3. The van der Waals surface area contributed by atoms with E-state index in [-0.39, 0.29) is 28.9 Å². The topological polar surface area (TPSA) is 72.8 Å². The van der Waals surface area contributed by atoms with E-state index in [9.17, 15) is 14.7 Å². The van der Waals surface area contributed by atoms with Gasteiger partial charge in [-0.05, 0) is 74.5 Å². The van der Waals surface area contributed by atoms with Crippen molar-refractivity contribution in [2.24, 2.45) is 34.5 Å². The standard InChI is InChI=1S/C25H39BrO5/c1-14-11-17(30-15(2)27)13-25(26)21(29)12-18-19-8-10-23(5,31-16(3)28)22(19,4)9-7-20(18)24(14,25)6/h14,17-21,29H,7-13H2,1-6H3/t14-,17+,18+,19+,20+,21-,22+,23+,24-,25+/m1/s1. The van der Waals surface area contributed by atoms with Crippen LogP contribution >= 0.6 is 15.9 Å². The van der Waals surface area contributed by atoms with Gasteiger partial charge in [0.15, 0.2) is 0 Å². The highest BCUT2D eigenvalue weighted by atomic mass is 79.9. The number of ether oxygens (including phenoxy) is 2. The molecule has 4 aliphatic rings. The lowest BCUT2D eigenvalue weighted by Gasteiger charge is -2.67. The fraction of sp³-hybridized carbons (Fsp3) is 0.920. The first-order valence-corrected chi connectivity index (χ1v) is 12.8. The molecule has 0 aromatic heterocycles. The molecule has 5 nitrogen and oxygen atoms in total. The molecule has 0 heterocycles. The summed E-state index contributed by atoms with van der Waals surface area (Å²) in [5.41, 5.74) is -0.573. The smallest absolute Gasteiger partial charge is 0.303 e. The maximum atomic E-state index is 11.9. The molecule has 1 N–H and O–H groups in total. The van der Waals surface area contributed by atoms with Gasteiger partial charge in [-0.15, -0.1) is 0 Å². The maximum absolute atomic E-state index is 11.9. The zero-order valence-electron chi connectivity index (χ0n) is 19.9. The van der Waals surface area contributed by atoms with E-state index in [1.807, 2.05) is 0 Å². The number of carbonyl (C=O) groups is 2. The first-order valence-electron chi connectivity index (χ1n) is 12.0. The Morgan fingerprint density at radius 2 is 1.65 bits per heavy atom. The number of alkyl halides is 1. The zero-order chi connectivity index (χ0) is 23.0. The van der Waals surface area contributed by atoms with Crippen LogP contribution in [0.2, 0.25) is 0 Å². The number of fused-ring (bicyclic) bond motifs is 5. The third-order valence-corrected chi connectivity index (χ3v) is 12.2. The number of carbonyl (C=O) groups excluding carboxylic acids is 2. The summed E-state index contributed by atoms with van der Waals surface area (Å²) in [6, 6.07) is 0. The fourth-order valence-electron chi connectivity index (χ4n) is 8.69. The van der Waals surface area contributed by atoms with Crippen molar-refractivity contribution in [3.63, 3.8) is 0 Å². The molecule has 4 rings (SSSR count). The Morgan fingerprint density at radius 3 is 2.26 bits per heavy atom. The second-order valence-electron chi connectivity index (χ2n) is 11.7. The van der Waals surface area contributed by atoms with Crippen molar-refractivity contribution in [2.75, 3.05) is 0 Å². The molecule has 4 saturated carbocycles. The summed E-state index contributed by atoms with van der Waals surface area (Å²) < 4.78 is 11.1. The molecule has 0 bridgehead atoms. The molecule has 0 aromatic rings. The molecule has 4 aliphatic carbocycles. The van der Waals surface area contributed by atoms with Crippen LogP contribution in [0, 0.1) is 34.5 Å². The number of esters is 2. The van der Waals surface area contributed by atoms with Crippen molar-refractivity contribution in [3.8, 4) is 0 Å². The van der Waals surface area contributed by atoms with E-state index >= 15 is 0 Å². The summed E-state index contributed by atoms with van der Waals surface area (Å²) in [4.78, 5) is 23.5. The summed E-state index contributed by atoms with van der Waals surface area (Å²) >= 11 is 4.06. The number of rotatable bonds is 2. The minimum absolute atomic E-state index is 0.0551. The van der Waals surface area contributed by atoms with Crippen molar-refractivity contribution >= 4 is 27.9 Å². The van der Waals surface area contributed by atoms with E-state index in [0.717, 1.165) is 38.5 Å². The van der Waals surface area contributed by atoms with Gasteiger partial charge in [0.2, 0.25) is 0 Å². The van der Waals surface area contributed by atoms with Gasteiger partial charge < -0.3 is 14.6 Å². The summed E-state index contributed by atoms with van der Waals surface area (Å²) in [6.07, 6.45) is 5.66. The van der Waals surface area contributed by atoms with Crippen LogP contribution in [0.5, 0.6) is 0 Å². The predicted molar refractivity (Wildman–Crippen MR) is 122 cm³/mol. The quantitative estimate of drug-likeness (QED) is 0.427. The van der Waals surface area contributed by atoms with E-state index in [0.29, 0.717) is 30.1 Å². The van der Waals surface area contributed by atoms with E-state index in [1.54, 1.807) is 0 Å². The van der Waals surface area contributed by atoms with Crippen molar-refractivity contribution in [1.82, 2.24) is 0 Å². The van der Waals surface area contributed by atoms with Gasteiger partial charge >= 0.3 is 11.9 Å². The first kappa shape index (κ1) is 23.5. The van der Waals surface area contributed by atoms with Crippen LogP contribution in [-0.4, -0.2) is 39.2 Å². The molecule has 0 amide bonds. The molecule has 31 heavy (non-hydrogen) atoms.